The second-order valence-corrected chi connectivity index (χ2v) is 16.5. The van der Waals surface area contributed by atoms with Crippen LogP contribution in [0.15, 0.2) is 12.2 Å². The lowest BCUT2D eigenvalue weighted by atomic mass is 9.90. The predicted octanol–water partition coefficient (Wildman–Crippen LogP) is 6.58. The van der Waals surface area contributed by atoms with Crippen molar-refractivity contribution in [2.24, 2.45) is 11.8 Å². The number of rotatable bonds is 11. The van der Waals surface area contributed by atoms with E-state index < -0.39 is 26.3 Å². The van der Waals surface area contributed by atoms with E-state index in [1.165, 1.54) is 0 Å². The van der Waals surface area contributed by atoms with Gasteiger partial charge in [-0.25, -0.2) is 0 Å². The molecule has 1 aliphatic heterocycles. The minimum absolute atomic E-state index is 0.101. The fourth-order valence-electron chi connectivity index (χ4n) is 5.41. The highest BCUT2D eigenvalue weighted by molar-refractivity contribution is 6.77. The maximum Gasteiger partial charge on any atom is 0.200 e. The maximum atomic E-state index is 10.7. The zero-order valence-corrected chi connectivity index (χ0v) is 23.4. The number of allylic oxidation sites excluding steroid dienone is 1. The lowest BCUT2D eigenvalue weighted by Gasteiger charge is -2.45. The Labute approximate surface area is 198 Å². The molecule has 0 saturated carbocycles. The zero-order chi connectivity index (χ0) is 24.9. The van der Waals surface area contributed by atoms with E-state index in [0.717, 1.165) is 6.42 Å². The standard InChI is InChI=1S/C26H49NO4Si/c1-17(2)32(18(3)4,19(5)6)31-22(9)20(7)13-12-14-21(8)25-24(28)23(15-16-27)29-26(10,11)30-25/h12-13,17-25,28H,14-15H2,1-11H3/b13-12+/t20-,21-,22+,23+,24+,25-/m1/s1. The smallest absolute Gasteiger partial charge is 0.200 e. The summed E-state index contributed by atoms with van der Waals surface area (Å²) in [6.07, 6.45) is 3.84. The average Bonchev–Trinajstić information content (AvgIpc) is 2.67. The Morgan fingerprint density at radius 2 is 1.53 bits per heavy atom. The molecule has 0 aromatic heterocycles. The van der Waals surface area contributed by atoms with Crippen LogP contribution in [0.5, 0.6) is 0 Å². The molecule has 1 heterocycles. The molecule has 1 N–H and O–H groups in total. The van der Waals surface area contributed by atoms with Crippen LogP contribution in [-0.2, 0) is 13.9 Å². The lowest BCUT2D eigenvalue weighted by molar-refractivity contribution is -0.338. The molecular formula is C26H49NO4Si. The molecule has 0 amide bonds. The quantitative estimate of drug-likeness (QED) is 0.274. The predicted molar refractivity (Wildman–Crippen MR) is 134 cm³/mol. The van der Waals surface area contributed by atoms with Crippen molar-refractivity contribution in [2.75, 3.05) is 0 Å². The number of ether oxygens (including phenoxy) is 2. The summed E-state index contributed by atoms with van der Waals surface area (Å²) in [6.45, 7) is 24.1. The molecule has 32 heavy (non-hydrogen) atoms. The Morgan fingerprint density at radius 3 is 2.00 bits per heavy atom. The minimum atomic E-state index is -1.91. The zero-order valence-electron chi connectivity index (χ0n) is 22.4. The van der Waals surface area contributed by atoms with Gasteiger partial charge in [0.2, 0.25) is 8.32 Å². The molecule has 0 aromatic carbocycles. The normalized spacial score (nSPS) is 27.1. The van der Waals surface area contributed by atoms with Crippen LogP contribution in [0, 0.1) is 23.2 Å². The number of nitrogens with zero attached hydrogens (tertiary/aromatic N) is 1. The highest BCUT2D eigenvalue weighted by atomic mass is 28.4. The molecule has 0 radical (unpaired) electrons. The highest BCUT2D eigenvalue weighted by Crippen LogP contribution is 2.43. The summed E-state index contributed by atoms with van der Waals surface area (Å²) >= 11 is 0. The van der Waals surface area contributed by atoms with Gasteiger partial charge in [0.05, 0.1) is 18.6 Å². The van der Waals surface area contributed by atoms with Gasteiger partial charge in [0.1, 0.15) is 12.2 Å². The molecule has 1 fully saturated rings. The Kier molecular flexibility index (Phi) is 11.1. The summed E-state index contributed by atoms with van der Waals surface area (Å²) in [5.74, 6) is -0.407. The summed E-state index contributed by atoms with van der Waals surface area (Å²) in [7, 11) is -1.91. The van der Waals surface area contributed by atoms with E-state index in [1.54, 1.807) is 0 Å². The van der Waals surface area contributed by atoms with Crippen LogP contribution in [0.2, 0.25) is 16.6 Å². The van der Waals surface area contributed by atoms with E-state index in [9.17, 15) is 5.11 Å². The molecule has 0 spiro atoms. The molecule has 6 heteroatoms. The van der Waals surface area contributed by atoms with Crippen LogP contribution in [-0.4, -0.2) is 43.6 Å². The summed E-state index contributed by atoms with van der Waals surface area (Å²) < 4.78 is 18.7. The van der Waals surface area contributed by atoms with E-state index in [-0.39, 0.29) is 24.5 Å². The van der Waals surface area contributed by atoms with Crippen molar-refractivity contribution in [1.29, 1.82) is 5.26 Å². The van der Waals surface area contributed by atoms with E-state index in [0.29, 0.717) is 22.5 Å². The maximum absolute atomic E-state index is 10.7. The molecule has 186 valence electrons. The van der Waals surface area contributed by atoms with Gasteiger partial charge < -0.3 is 19.0 Å². The van der Waals surface area contributed by atoms with E-state index in [2.05, 4.69) is 80.5 Å². The molecule has 1 rings (SSSR count). The summed E-state index contributed by atoms with van der Waals surface area (Å²) in [5, 5.41) is 19.8. The van der Waals surface area contributed by atoms with Crippen molar-refractivity contribution in [3.63, 3.8) is 0 Å². The van der Waals surface area contributed by atoms with Crippen LogP contribution in [0.1, 0.15) is 89.0 Å². The Balaban J connectivity index is 2.81. The summed E-state index contributed by atoms with van der Waals surface area (Å²) in [5.41, 5.74) is 1.70. The first-order valence-corrected chi connectivity index (χ1v) is 14.6. The van der Waals surface area contributed by atoms with Crippen molar-refractivity contribution in [2.45, 2.75) is 136 Å². The van der Waals surface area contributed by atoms with Gasteiger partial charge >= 0.3 is 0 Å². The van der Waals surface area contributed by atoms with E-state index in [4.69, 9.17) is 19.2 Å². The molecule has 6 atom stereocenters. The average molecular weight is 468 g/mol. The fraction of sp³-hybridized carbons (Fsp3) is 0.885. The third kappa shape index (κ3) is 7.14. The number of nitriles is 1. The van der Waals surface area contributed by atoms with Crippen molar-refractivity contribution < 1.29 is 19.0 Å². The molecule has 0 bridgehead atoms. The molecule has 0 aliphatic carbocycles. The molecule has 1 saturated heterocycles. The first-order valence-electron chi connectivity index (χ1n) is 12.4. The summed E-state index contributed by atoms with van der Waals surface area (Å²) in [4.78, 5) is 0. The van der Waals surface area contributed by atoms with Crippen molar-refractivity contribution >= 4 is 8.32 Å². The first kappa shape index (κ1) is 29.3. The molecule has 0 aromatic rings. The minimum Gasteiger partial charge on any atom is -0.413 e. The van der Waals surface area contributed by atoms with Gasteiger partial charge in [-0.15, -0.1) is 0 Å². The Bertz CT molecular complexity index is 618. The second-order valence-electron chi connectivity index (χ2n) is 11.1. The van der Waals surface area contributed by atoms with Crippen molar-refractivity contribution in [1.82, 2.24) is 0 Å². The first-order chi connectivity index (χ1) is 14.7. The van der Waals surface area contributed by atoms with Gasteiger partial charge in [-0.3, -0.25) is 0 Å². The fourth-order valence-corrected chi connectivity index (χ4v) is 11.1. The lowest BCUT2D eigenvalue weighted by Crippen LogP contribution is -2.56. The van der Waals surface area contributed by atoms with Gasteiger partial charge in [0.25, 0.3) is 0 Å². The third-order valence-electron chi connectivity index (χ3n) is 7.21. The van der Waals surface area contributed by atoms with Gasteiger partial charge in [0, 0.05) is 6.10 Å². The van der Waals surface area contributed by atoms with Crippen LogP contribution < -0.4 is 0 Å². The van der Waals surface area contributed by atoms with Gasteiger partial charge in [-0.05, 0) is 55.7 Å². The van der Waals surface area contributed by atoms with Gasteiger partial charge in [-0.2, -0.15) is 5.26 Å². The van der Waals surface area contributed by atoms with Crippen LogP contribution in [0.3, 0.4) is 0 Å². The van der Waals surface area contributed by atoms with Crippen LogP contribution in [0.4, 0.5) is 0 Å². The van der Waals surface area contributed by atoms with Crippen LogP contribution in [0.25, 0.3) is 0 Å². The summed E-state index contributed by atoms with van der Waals surface area (Å²) in [6, 6.07) is 2.11. The largest absolute Gasteiger partial charge is 0.413 e. The molecule has 1 aliphatic rings. The SMILES string of the molecule is CC(C)[Si](O[C@@H](C)[C@H](C)/C=C/C[C@@H](C)[C@H]1OC(C)(C)O[C@@H](CC#N)[C@@H]1O)(C(C)C)C(C)C. The van der Waals surface area contributed by atoms with E-state index in [1.807, 2.05) is 13.8 Å². The number of aliphatic hydroxyl groups is 1. The number of hydrogen-bond donors (Lipinski definition) is 1. The second kappa shape index (κ2) is 12.1. The number of aliphatic hydroxyl groups excluding tert-OH is 1. The highest BCUT2D eigenvalue weighted by Gasteiger charge is 2.46. The Hall–Kier alpha value is -0.713. The van der Waals surface area contributed by atoms with Crippen LogP contribution >= 0.6 is 0 Å². The van der Waals surface area contributed by atoms with Gasteiger partial charge in [0.15, 0.2) is 5.79 Å². The Morgan fingerprint density at radius 1 is 1.00 bits per heavy atom. The van der Waals surface area contributed by atoms with Gasteiger partial charge in [-0.1, -0.05) is 67.5 Å². The monoisotopic (exact) mass is 467 g/mol. The molecule has 5 nitrogen and oxygen atoms in total. The number of hydrogen-bond acceptors (Lipinski definition) is 5. The topological polar surface area (TPSA) is 71.7 Å². The van der Waals surface area contributed by atoms with Crippen molar-refractivity contribution in [3.8, 4) is 6.07 Å². The molecule has 0 unspecified atom stereocenters. The third-order valence-corrected chi connectivity index (χ3v) is 13.4. The molecular weight excluding hydrogens is 418 g/mol. The van der Waals surface area contributed by atoms with E-state index >= 15 is 0 Å². The van der Waals surface area contributed by atoms with Crippen molar-refractivity contribution in [3.05, 3.63) is 12.2 Å².